The van der Waals surface area contributed by atoms with Gasteiger partial charge in [-0.25, -0.2) is 0 Å². The van der Waals surface area contributed by atoms with Gasteiger partial charge in [0.15, 0.2) is 0 Å². The van der Waals surface area contributed by atoms with Crippen LogP contribution in [0.15, 0.2) is 36.4 Å². The summed E-state index contributed by atoms with van der Waals surface area (Å²) in [6.07, 6.45) is 0. The van der Waals surface area contributed by atoms with E-state index in [9.17, 15) is 5.26 Å². The van der Waals surface area contributed by atoms with Crippen LogP contribution >= 0.6 is 0 Å². The minimum absolute atomic E-state index is 0.417. The third-order valence-corrected chi connectivity index (χ3v) is 4.62. The fourth-order valence-corrected chi connectivity index (χ4v) is 3.43. The number of nitrogens with zero attached hydrogens (tertiary/aromatic N) is 2. The average molecular weight is 249 g/mol. The molecule has 2 fully saturated rings. The van der Waals surface area contributed by atoms with Gasteiger partial charge in [-0.15, -0.1) is 0 Å². The van der Waals surface area contributed by atoms with Gasteiger partial charge in [0.1, 0.15) is 0 Å². The SMILES string of the molecule is N#Cc1ccc(N2CC3C(N)C3C2)c2ccccc12. The smallest absolute Gasteiger partial charge is 0.0998 e. The Hall–Kier alpha value is -2.05. The molecule has 2 aromatic rings. The average Bonchev–Trinajstić information content (AvgIpc) is 2.90. The van der Waals surface area contributed by atoms with Crippen molar-refractivity contribution in [3.8, 4) is 6.07 Å². The van der Waals surface area contributed by atoms with E-state index in [1.165, 1.54) is 11.1 Å². The second-order valence-electron chi connectivity index (χ2n) is 5.60. The van der Waals surface area contributed by atoms with Gasteiger partial charge in [0.05, 0.1) is 11.6 Å². The maximum atomic E-state index is 9.20. The van der Waals surface area contributed by atoms with Crippen LogP contribution in [0.1, 0.15) is 5.56 Å². The topological polar surface area (TPSA) is 53.0 Å². The zero-order valence-electron chi connectivity index (χ0n) is 10.6. The highest BCUT2D eigenvalue weighted by Gasteiger charge is 2.53. The van der Waals surface area contributed by atoms with Crippen LogP contribution < -0.4 is 10.6 Å². The van der Waals surface area contributed by atoms with Gasteiger partial charge in [0.25, 0.3) is 0 Å². The van der Waals surface area contributed by atoms with E-state index in [0.717, 1.165) is 24.0 Å². The number of nitriles is 1. The number of hydrogen-bond donors (Lipinski definition) is 1. The van der Waals surface area contributed by atoms with E-state index < -0.39 is 0 Å². The highest BCUT2D eigenvalue weighted by atomic mass is 15.2. The number of anilines is 1. The number of nitrogens with two attached hydrogens (primary N) is 1. The van der Waals surface area contributed by atoms with E-state index in [2.05, 4.69) is 23.1 Å². The van der Waals surface area contributed by atoms with Crippen LogP contribution in [0.25, 0.3) is 10.8 Å². The lowest BCUT2D eigenvalue weighted by molar-refractivity contribution is 0.745. The monoisotopic (exact) mass is 249 g/mol. The molecule has 94 valence electrons. The zero-order valence-corrected chi connectivity index (χ0v) is 10.6. The van der Waals surface area contributed by atoms with Gasteiger partial charge in [0.2, 0.25) is 0 Å². The summed E-state index contributed by atoms with van der Waals surface area (Å²) in [6, 6.07) is 14.9. The van der Waals surface area contributed by atoms with Crippen molar-refractivity contribution in [1.29, 1.82) is 5.26 Å². The summed E-state index contributed by atoms with van der Waals surface area (Å²) >= 11 is 0. The first-order valence-electron chi connectivity index (χ1n) is 6.72. The van der Waals surface area contributed by atoms with E-state index in [4.69, 9.17) is 5.73 Å². The first-order valence-corrected chi connectivity index (χ1v) is 6.72. The van der Waals surface area contributed by atoms with E-state index in [1.54, 1.807) is 0 Å². The van der Waals surface area contributed by atoms with Gasteiger partial charge >= 0.3 is 0 Å². The molecule has 2 aromatic carbocycles. The third-order valence-electron chi connectivity index (χ3n) is 4.62. The van der Waals surface area contributed by atoms with Crippen LogP contribution in [0, 0.1) is 23.2 Å². The second kappa shape index (κ2) is 3.72. The summed E-state index contributed by atoms with van der Waals surface area (Å²) in [4.78, 5) is 2.42. The van der Waals surface area contributed by atoms with Gasteiger partial charge in [-0.3, -0.25) is 0 Å². The summed E-state index contributed by atoms with van der Waals surface area (Å²) in [7, 11) is 0. The highest BCUT2D eigenvalue weighted by Crippen LogP contribution is 2.46. The van der Waals surface area contributed by atoms with Crippen LogP contribution in [0.4, 0.5) is 5.69 Å². The number of piperidine rings is 1. The molecular formula is C16H15N3. The van der Waals surface area contributed by atoms with Gasteiger partial charge in [-0.2, -0.15) is 5.26 Å². The van der Waals surface area contributed by atoms with Crippen LogP contribution in [-0.2, 0) is 0 Å². The number of rotatable bonds is 1. The van der Waals surface area contributed by atoms with Crippen LogP contribution in [-0.4, -0.2) is 19.1 Å². The predicted octanol–water partition coefficient (Wildman–Crippen LogP) is 2.10. The molecule has 2 aliphatic rings. The lowest BCUT2D eigenvalue weighted by Gasteiger charge is -2.23. The van der Waals surface area contributed by atoms with E-state index in [1.807, 2.05) is 24.3 Å². The molecule has 0 spiro atoms. The fraction of sp³-hybridized carbons (Fsp3) is 0.312. The molecule has 2 unspecified atom stereocenters. The summed E-state index contributed by atoms with van der Waals surface area (Å²) in [5, 5.41) is 11.4. The molecule has 2 N–H and O–H groups in total. The highest BCUT2D eigenvalue weighted by molar-refractivity contribution is 5.98. The van der Waals surface area contributed by atoms with Crippen LogP contribution in [0.3, 0.4) is 0 Å². The van der Waals surface area contributed by atoms with Crippen molar-refractivity contribution in [3.63, 3.8) is 0 Å². The maximum Gasteiger partial charge on any atom is 0.0998 e. The largest absolute Gasteiger partial charge is 0.370 e. The summed E-state index contributed by atoms with van der Waals surface area (Å²) in [6.45, 7) is 2.11. The Morgan fingerprint density at radius 2 is 1.74 bits per heavy atom. The van der Waals surface area contributed by atoms with Crippen molar-refractivity contribution < 1.29 is 0 Å². The number of hydrogen-bond acceptors (Lipinski definition) is 3. The lowest BCUT2D eigenvalue weighted by atomic mass is 10.0. The van der Waals surface area contributed by atoms with Crippen molar-refractivity contribution in [2.75, 3.05) is 18.0 Å². The van der Waals surface area contributed by atoms with E-state index in [0.29, 0.717) is 17.9 Å². The molecule has 19 heavy (non-hydrogen) atoms. The first-order chi connectivity index (χ1) is 9.29. The normalized spacial score (nSPS) is 28.2. The van der Waals surface area contributed by atoms with Crippen molar-refractivity contribution >= 4 is 16.5 Å². The van der Waals surface area contributed by atoms with Gasteiger partial charge < -0.3 is 10.6 Å². The minimum atomic E-state index is 0.417. The van der Waals surface area contributed by atoms with Gasteiger partial charge in [0, 0.05) is 35.6 Å². The van der Waals surface area contributed by atoms with Crippen molar-refractivity contribution in [2.45, 2.75) is 6.04 Å². The predicted molar refractivity (Wildman–Crippen MR) is 75.8 cm³/mol. The van der Waals surface area contributed by atoms with E-state index in [-0.39, 0.29) is 0 Å². The summed E-state index contributed by atoms with van der Waals surface area (Å²) in [5.74, 6) is 1.35. The van der Waals surface area contributed by atoms with Gasteiger partial charge in [-0.1, -0.05) is 24.3 Å². The molecule has 0 bridgehead atoms. The fourth-order valence-electron chi connectivity index (χ4n) is 3.43. The third kappa shape index (κ3) is 1.47. The van der Waals surface area contributed by atoms with Crippen molar-refractivity contribution in [3.05, 3.63) is 42.0 Å². The lowest BCUT2D eigenvalue weighted by Crippen LogP contribution is -2.28. The van der Waals surface area contributed by atoms with Crippen LogP contribution in [0.5, 0.6) is 0 Å². The Bertz CT molecular complexity index is 689. The Morgan fingerprint density at radius 3 is 2.42 bits per heavy atom. The second-order valence-corrected chi connectivity index (χ2v) is 5.60. The number of fused-ring (bicyclic) bond motifs is 2. The molecule has 1 aliphatic heterocycles. The van der Waals surface area contributed by atoms with Gasteiger partial charge in [-0.05, 0) is 24.0 Å². The Labute approximate surface area is 112 Å². The van der Waals surface area contributed by atoms with Crippen molar-refractivity contribution in [2.24, 2.45) is 17.6 Å². The molecule has 4 rings (SSSR count). The molecule has 1 aliphatic carbocycles. The molecule has 0 amide bonds. The zero-order chi connectivity index (χ0) is 13.0. The maximum absolute atomic E-state index is 9.20. The number of benzene rings is 2. The molecule has 1 heterocycles. The van der Waals surface area contributed by atoms with E-state index >= 15 is 0 Å². The Kier molecular flexibility index (Phi) is 2.12. The molecule has 3 heteroatoms. The minimum Gasteiger partial charge on any atom is -0.370 e. The first kappa shape index (κ1) is 10.8. The Balaban J connectivity index is 1.81. The molecule has 1 saturated heterocycles. The standard InChI is InChI=1S/C16H15N3/c17-7-10-5-6-15(12-4-2-1-3-11(10)12)19-8-13-14(9-19)16(13)18/h1-6,13-14,16H,8-9,18H2. The summed E-state index contributed by atoms with van der Waals surface area (Å²) in [5.41, 5.74) is 8.00. The summed E-state index contributed by atoms with van der Waals surface area (Å²) < 4.78 is 0. The molecule has 0 radical (unpaired) electrons. The molecule has 0 aromatic heterocycles. The molecule has 3 nitrogen and oxygen atoms in total. The molecule has 1 saturated carbocycles. The van der Waals surface area contributed by atoms with Crippen LogP contribution in [0.2, 0.25) is 0 Å². The van der Waals surface area contributed by atoms with Crippen molar-refractivity contribution in [1.82, 2.24) is 0 Å². The quantitative estimate of drug-likeness (QED) is 0.842. The molecular weight excluding hydrogens is 234 g/mol. The Morgan fingerprint density at radius 1 is 1.05 bits per heavy atom. The molecule has 2 atom stereocenters.